The van der Waals surface area contributed by atoms with E-state index >= 15 is 0 Å². The Morgan fingerprint density at radius 2 is 1.85 bits per heavy atom. The SMILES string of the molecule is CC[C@H](C)C(NC(=O)[C@@H](N)CCSC)C(=O)NCCN1C(=O)C=CC1=O. The van der Waals surface area contributed by atoms with Crippen molar-refractivity contribution >= 4 is 35.4 Å². The van der Waals surface area contributed by atoms with Gasteiger partial charge in [0.15, 0.2) is 0 Å². The molecular weight excluding hydrogens is 356 g/mol. The summed E-state index contributed by atoms with van der Waals surface area (Å²) in [4.78, 5) is 48.7. The Balaban J connectivity index is 2.56. The Morgan fingerprint density at radius 3 is 2.38 bits per heavy atom. The third-order valence-corrected chi connectivity index (χ3v) is 4.94. The van der Waals surface area contributed by atoms with Crippen LogP contribution in [0.5, 0.6) is 0 Å². The highest BCUT2D eigenvalue weighted by molar-refractivity contribution is 7.98. The molecule has 3 atom stereocenters. The fourth-order valence-electron chi connectivity index (χ4n) is 2.39. The van der Waals surface area contributed by atoms with Crippen LogP contribution in [0.2, 0.25) is 0 Å². The van der Waals surface area contributed by atoms with Crippen LogP contribution in [0.15, 0.2) is 12.2 Å². The van der Waals surface area contributed by atoms with Crippen LogP contribution in [0.1, 0.15) is 26.7 Å². The molecule has 0 aromatic heterocycles. The van der Waals surface area contributed by atoms with Crippen LogP contribution in [-0.4, -0.2) is 65.7 Å². The molecule has 0 aromatic carbocycles. The van der Waals surface area contributed by atoms with Gasteiger partial charge in [-0.25, -0.2) is 0 Å². The highest BCUT2D eigenvalue weighted by atomic mass is 32.2. The summed E-state index contributed by atoms with van der Waals surface area (Å²) < 4.78 is 0. The number of hydrogen-bond acceptors (Lipinski definition) is 6. The van der Waals surface area contributed by atoms with Crippen LogP contribution in [0.25, 0.3) is 0 Å². The molecule has 0 radical (unpaired) electrons. The summed E-state index contributed by atoms with van der Waals surface area (Å²) in [6.45, 7) is 4.01. The highest BCUT2D eigenvalue weighted by Crippen LogP contribution is 2.09. The summed E-state index contributed by atoms with van der Waals surface area (Å²) >= 11 is 1.60. The first-order chi connectivity index (χ1) is 12.3. The first-order valence-corrected chi connectivity index (χ1v) is 10.1. The van der Waals surface area contributed by atoms with Crippen molar-refractivity contribution in [2.24, 2.45) is 11.7 Å². The summed E-state index contributed by atoms with van der Waals surface area (Å²) in [5.41, 5.74) is 5.86. The zero-order chi connectivity index (χ0) is 19.7. The van der Waals surface area contributed by atoms with Crippen LogP contribution in [0, 0.1) is 5.92 Å². The van der Waals surface area contributed by atoms with Gasteiger partial charge in [0.25, 0.3) is 11.8 Å². The first-order valence-electron chi connectivity index (χ1n) is 8.67. The molecule has 0 saturated carbocycles. The molecule has 1 heterocycles. The lowest BCUT2D eigenvalue weighted by Gasteiger charge is -2.25. The Labute approximate surface area is 158 Å². The minimum atomic E-state index is -0.712. The van der Waals surface area contributed by atoms with Crippen LogP contribution in [-0.2, 0) is 19.2 Å². The molecule has 9 heteroatoms. The predicted molar refractivity (Wildman–Crippen MR) is 101 cm³/mol. The quantitative estimate of drug-likeness (QED) is 0.418. The van der Waals surface area contributed by atoms with Crippen molar-refractivity contribution in [1.29, 1.82) is 0 Å². The molecule has 1 aliphatic rings. The minimum Gasteiger partial charge on any atom is -0.353 e. The largest absolute Gasteiger partial charge is 0.353 e. The molecule has 146 valence electrons. The summed E-state index contributed by atoms with van der Waals surface area (Å²) in [6.07, 6.45) is 5.56. The number of carbonyl (C=O) groups excluding carboxylic acids is 4. The molecule has 4 N–H and O–H groups in total. The lowest BCUT2D eigenvalue weighted by atomic mass is 9.97. The molecule has 8 nitrogen and oxygen atoms in total. The lowest BCUT2D eigenvalue weighted by Crippen LogP contribution is -2.55. The van der Waals surface area contributed by atoms with E-state index in [1.54, 1.807) is 11.8 Å². The average molecular weight is 385 g/mol. The molecule has 0 aromatic rings. The van der Waals surface area contributed by atoms with Crippen LogP contribution in [0.3, 0.4) is 0 Å². The van der Waals surface area contributed by atoms with Crippen LogP contribution < -0.4 is 16.4 Å². The normalized spacial score (nSPS) is 17.2. The molecule has 1 rings (SSSR count). The van der Waals surface area contributed by atoms with E-state index in [-0.39, 0.29) is 30.8 Å². The van der Waals surface area contributed by atoms with E-state index in [4.69, 9.17) is 5.73 Å². The van der Waals surface area contributed by atoms with Crippen molar-refractivity contribution in [2.75, 3.05) is 25.1 Å². The van der Waals surface area contributed by atoms with Gasteiger partial charge in [-0.3, -0.25) is 24.1 Å². The van der Waals surface area contributed by atoms with Crippen molar-refractivity contribution < 1.29 is 19.2 Å². The fourth-order valence-corrected chi connectivity index (χ4v) is 2.88. The summed E-state index contributed by atoms with van der Waals surface area (Å²) in [5.74, 6) is -0.804. The van der Waals surface area contributed by atoms with Gasteiger partial charge in [-0.15, -0.1) is 0 Å². The van der Waals surface area contributed by atoms with Gasteiger partial charge in [0, 0.05) is 25.2 Å². The smallest absolute Gasteiger partial charge is 0.253 e. The third kappa shape index (κ3) is 6.45. The second-order valence-electron chi connectivity index (χ2n) is 6.21. The van der Waals surface area contributed by atoms with Gasteiger partial charge in [-0.05, 0) is 24.3 Å². The standard InChI is InChI=1S/C17H28N4O4S/c1-4-11(2)15(20-16(24)12(18)7-10-26-3)17(25)19-8-9-21-13(22)5-6-14(21)23/h5-6,11-12,15H,4,7-10,18H2,1-3H3,(H,19,25)(H,20,24)/t11-,12-,15?/m0/s1. The molecule has 1 unspecified atom stereocenters. The fraction of sp³-hybridized carbons (Fsp3) is 0.647. The second kappa shape index (κ2) is 11.0. The van der Waals surface area contributed by atoms with Crippen molar-refractivity contribution in [3.8, 4) is 0 Å². The zero-order valence-electron chi connectivity index (χ0n) is 15.5. The maximum Gasteiger partial charge on any atom is 0.253 e. The van der Waals surface area contributed by atoms with E-state index in [0.717, 1.165) is 10.7 Å². The van der Waals surface area contributed by atoms with Crippen molar-refractivity contribution in [3.63, 3.8) is 0 Å². The number of rotatable bonds is 11. The number of hydrogen-bond donors (Lipinski definition) is 3. The van der Waals surface area contributed by atoms with E-state index in [9.17, 15) is 19.2 Å². The number of imide groups is 1. The highest BCUT2D eigenvalue weighted by Gasteiger charge is 2.28. The molecule has 0 aliphatic carbocycles. The average Bonchev–Trinajstić information content (AvgIpc) is 2.94. The van der Waals surface area contributed by atoms with Gasteiger partial charge in [0.2, 0.25) is 11.8 Å². The summed E-state index contributed by atoms with van der Waals surface area (Å²) in [6, 6.07) is -1.37. The van der Waals surface area contributed by atoms with E-state index < -0.39 is 23.9 Å². The minimum absolute atomic E-state index is 0.0802. The Bertz CT molecular complexity index is 549. The summed E-state index contributed by atoms with van der Waals surface area (Å²) in [7, 11) is 0. The second-order valence-corrected chi connectivity index (χ2v) is 7.20. The molecular formula is C17H28N4O4S. The molecule has 0 bridgehead atoms. The molecule has 0 saturated heterocycles. The molecule has 26 heavy (non-hydrogen) atoms. The van der Waals surface area contributed by atoms with E-state index in [0.29, 0.717) is 12.8 Å². The molecule has 0 fully saturated rings. The Morgan fingerprint density at radius 1 is 1.23 bits per heavy atom. The van der Waals surface area contributed by atoms with Gasteiger partial charge >= 0.3 is 0 Å². The number of thioether (sulfide) groups is 1. The first kappa shape index (κ1) is 22.2. The van der Waals surface area contributed by atoms with Crippen LogP contribution in [0.4, 0.5) is 0 Å². The number of nitrogens with two attached hydrogens (primary N) is 1. The predicted octanol–water partition coefficient (Wildman–Crippen LogP) is -0.361. The number of nitrogens with one attached hydrogen (secondary N) is 2. The maximum atomic E-state index is 12.5. The zero-order valence-corrected chi connectivity index (χ0v) is 16.3. The number of carbonyl (C=O) groups is 4. The number of amides is 4. The van der Waals surface area contributed by atoms with E-state index in [1.165, 1.54) is 12.2 Å². The van der Waals surface area contributed by atoms with Crippen molar-refractivity contribution in [1.82, 2.24) is 15.5 Å². The molecule has 1 aliphatic heterocycles. The topological polar surface area (TPSA) is 122 Å². The maximum absolute atomic E-state index is 12.5. The van der Waals surface area contributed by atoms with Gasteiger partial charge in [0.05, 0.1) is 6.04 Å². The third-order valence-electron chi connectivity index (χ3n) is 4.30. The monoisotopic (exact) mass is 384 g/mol. The van der Waals surface area contributed by atoms with Gasteiger partial charge < -0.3 is 16.4 Å². The van der Waals surface area contributed by atoms with Crippen LogP contribution >= 0.6 is 11.8 Å². The van der Waals surface area contributed by atoms with Gasteiger partial charge in [-0.1, -0.05) is 20.3 Å². The Hall–Kier alpha value is -1.87. The lowest BCUT2D eigenvalue weighted by molar-refractivity contribution is -0.137. The van der Waals surface area contributed by atoms with Gasteiger partial charge in [0.1, 0.15) is 6.04 Å². The molecule has 0 spiro atoms. The number of nitrogens with zero attached hydrogens (tertiary/aromatic N) is 1. The van der Waals surface area contributed by atoms with Crippen molar-refractivity contribution in [2.45, 2.75) is 38.8 Å². The van der Waals surface area contributed by atoms with E-state index in [1.807, 2.05) is 20.1 Å². The van der Waals surface area contributed by atoms with Gasteiger partial charge in [-0.2, -0.15) is 11.8 Å². The van der Waals surface area contributed by atoms with Crippen molar-refractivity contribution in [3.05, 3.63) is 12.2 Å². The Kier molecular flexibility index (Phi) is 9.36. The van der Waals surface area contributed by atoms with E-state index in [2.05, 4.69) is 10.6 Å². The molecule has 4 amide bonds. The summed E-state index contributed by atoms with van der Waals surface area (Å²) in [5, 5.41) is 5.41.